The molecule has 0 aliphatic carbocycles. The maximum absolute atomic E-state index is 14.4. The zero-order valence-electron chi connectivity index (χ0n) is 28.0. The van der Waals surface area contributed by atoms with Gasteiger partial charge in [0.05, 0.1) is 5.69 Å². The topological polar surface area (TPSA) is 44.9 Å². The van der Waals surface area contributed by atoms with E-state index in [1.54, 1.807) is 18.3 Å². The number of nitrogens with zero attached hydrogens (tertiary/aromatic N) is 4. The van der Waals surface area contributed by atoms with Crippen LogP contribution in [0.25, 0.3) is 44.4 Å². The number of pyridine rings is 1. The zero-order valence-corrected chi connectivity index (χ0v) is 30.2. The standard InChI is InChI=1S/C41H37FN4O.Pt/c1-26-17-19-43-39(20-26)45-37-15-12-31(42)23-36(37)35-14-13-33(25-38(35)45)47-34-22-29(16-18-41(4,5)6)21-32(24-34)46-28(3)40(27(2)44-46)30-10-8-7-9-11-30;/h7-15,17,19-23H,16,18H2,1-6H3;/q-2;+2. The van der Waals surface area contributed by atoms with Gasteiger partial charge in [0.25, 0.3) is 0 Å². The van der Waals surface area contributed by atoms with Gasteiger partial charge in [-0.15, -0.1) is 35.7 Å². The maximum atomic E-state index is 14.4. The Kier molecular flexibility index (Phi) is 9.15. The number of benzene rings is 4. The van der Waals surface area contributed by atoms with Crippen molar-refractivity contribution < 1.29 is 30.2 Å². The zero-order chi connectivity index (χ0) is 32.9. The van der Waals surface area contributed by atoms with Gasteiger partial charge in [-0.05, 0) is 91.6 Å². The Morgan fingerprint density at radius 1 is 0.833 bits per heavy atom. The van der Waals surface area contributed by atoms with Crippen molar-refractivity contribution in [3.05, 3.63) is 132 Å². The number of aryl methyl sites for hydroxylation is 3. The molecule has 7 heteroatoms. The summed E-state index contributed by atoms with van der Waals surface area (Å²) in [6.45, 7) is 12.9. The van der Waals surface area contributed by atoms with Crippen LogP contribution in [-0.2, 0) is 27.5 Å². The Hall–Kier alpha value is -4.54. The first-order valence-corrected chi connectivity index (χ1v) is 16.0. The van der Waals surface area contributed by atoms with Crippen LogP contribution >= 0.6 is 0 Å². The molecule has 0 atom stereocenters. The number of aromatic nitrogens is 4. The quantitative estimate of drug-likeness (QED) is 0.151. The molecule has 0 spiro atoms. The Morgan fingerprint density at radius 2 is 1.62 bits per heavy atom. The van der Waals surface area contributed by atoms with Gasteiger partial charge >= 0.3 is 21.1 Å². The molecule has 0 N–H and O–H groups in total. The molecule has 3 aromatic heterocycles. The normalized spacial score (nSPS) is 11.6. The van der Waals surface area contributed by atoms with Crippen molar-refractivity contribution >= 4 is 21.8 Å². The summed E-state index contributed by atoms with van der Waals surface area (Å²) in [6.07, 6.45) is 3.68. The van der Waals surface area contributed by atoms with E-state index in [2.05, 4.69) is 81.2 Å². The predicted octanol–water partition coefficient (Wildman–Crippen LogP) is 10.5. The molecule has 4 aromatic carbocycles. The molecule has 0 saturated carbocycles. The van der Waals surface area contributed by atoms with Gasteiger partial charge in [-0.25, -0.2) is 9.37 Å². The van der Waals surface area contributed by atoms with Crippen molar-refractivity contribution in [3.8, 4) is 34.1 Å². The number of fused-ring (bicyclic) bond motifs is 3. The van der Waals surface area contributed by atoms with Crippen LogP contribution < -0.4 is 4.74 Å². The molecule has 3 heterocycles. The molecular weight excluding hydrogens is 779 g/mol. The first-order valence-electron chi connectivity index (χ1n) is 16.0. The van der Waals surface area contributed by atoms with Gasteiger partial charge in [-0.1, -0.05) is 56.6 Å². The molecule has 48 heavy (non-hydrogen) atoms. The molecule has 0 saturated heterocycles. The molecule has 0 aliphatic rings. The third kappa shape index (κ3) is 6.59. The van der Waals surface area contributed by atoms with Crippen LogP contribution in [-0.4, -0.2) is 19.3 Å². The van der Waals surface area contributed by atoms with Gasteiger partial charge < -0.3 is 9.30 Å². The van der Waals surface area contributed by atoms with E-state index in [0.717, 1.165) is 79.8 Å². The molecule has 0 fully saturated rings. The molecular formula is C41H37FN4OPt. The van der Waals surface area contributed by atoms with Gasteiger partial charge in [0.2, 0.25) is 0 Å². The minimum Gasteiger partial charge on any atom is -0.509 e. The van der Waals surface area contributed by atoms with Crippen molar-refractivity contribution in [1.82, 2.24) is 19.3 Å². The second-order valence-corrected chi connectivity index (χ2v) is 13.5. The summed E-state index contributed by atoms with van der Waals surface area (Å²) < 4.78 is 25.0. The van der Waals surface area contributed by atoms with E-state index in [1.807, 2.05) is 53.4 Å². The molecule has 5 nitrogen and oxygen atoms in total. The van der Waals surface area contributed by atoms with E-state index in [-0.39, 0.29) is 32.3 Å². The van der Waals surface area contributed by atoms with E-state index in [1.165, 1.54) is 6.07 Å². The Bertz CT molecular complexity index is 2260. The van der Waals surface area contributed by atoms with E-state index in [0.29, 0.717) is 11.5 Å². The van der Waals surface area contributed by atoms with Crippen LogP contribution in [0.4, 0.5) is 4.39 Å². The minimum absolute atomic E-state index is 0. The van der Waals surface area contributed by atoms with Gasteiger partial charge in [-0.3, -0.25) is 4.68 Å². The average Bonchev–Trinajstić information content (AvgIpc) is 3.52. The van der Waals surface area contributed by atoms with E-state index in [4.69, 9.17) is 9.84 Å². The fourth-order valence-corrected chi connectivity index (χ4v) is 6.27. The van der Waals surface area contributed by atoms with Crippen molar-refractivity contribution in [3.63, 3.8) is 0 Å². The molecule has 0 bridgehead atoms. The van der Waals surface area contributed by atoms with E-state index in [9.17, 15) is 4.39 Å². The summed E-state index contributed by atoms with van der Waals surface area (Å²) in [6, 6.07) is 34.2. The summed E-state index contributed by atoms with van der Waals surface area (Å²) >= 11 is 0. The van der Waals surface area contributed by atoms with E-state index >= 15 is 0 Å². The predicted molar refractivity (Wildman–Crippen MR) is 187 cm³/mol. The molecule has 7 rings (SSSR count). The summed E-state index contributed by atoms with van der Waals surface area (Å²) in [7, 11) is 0. The largest absolute Gasteiger partial charge is 2.00 e. The summed E-state index contributed by atoms with van der Waals surface area (Å²) in [5, 5.41) is 6.63. The minimum atomic E-state index is -0.289. The van der Waals surface area contributed by atoms with Crippen LogP contribution in [0.1, 0.15) is 49.7 Å². The van der Waals surface area contributed by atoms with Crippen molar-refractivity contribution in [2.75, 3.05) is 0 Å². The van der Waals surface area contributed by atoms with Crippen LogP contribution in [0, 0.1) is 44.1 Å². The monoisotopic (exact) mass is 815 g/mol. The third-order valence-corrected chi connectivity index (χ3v) is 8.60. The summed E-state index contributed by atoms with van der Waals surface area (Å²) in [5.41, 5.74) is 9.08. The summed E-state index contributed by atoms with van der Waals surface area (Å²) in [5.74, 6) is 1.56. The van der Waals surface area contributed by atoms with Crippen LogP contribution in [0.3, 0.4) is 0 Å². The second kappa shape index (κ2) is 13.2. The number of halogens is 1. The smallest absolute Gasteiger partial charge is 0.509 e. The Balaban J connectivity index is 0.00000401. The van der Waals surface area contributed by atoms with E-state index < -0.39 is 0 Å². The SMILES string of the molecule is Cc1ccnc(-n2c3[c-]c(Oc4[c-]c(-n5nc(C)c(-c6ccccc6)c5C)cc(CCC(C)(C)C)c4)ccc3c3cc(F)ccc32)c1.[Pt+2]. The number of hydrogen-bond acceptors (Lipinski definition) is 3. The molecule has 7 aromatic rings. The molecule has 0 radical (unpaired) electrons. The van der Waals surface area contributed by atoms with Gasteiger partial charge in [-0.2, -0.15) is 16.7 Å². The maximum Gasteiger partial charge on any atom is 2.00 e. The van der Waals surface area contributed by atoms with Crippen LogP contribution in [0.5, 0.6) is 11.5 Å². The third-order valence-electron chi connectivity index (χ3n) is 8.60. The molecule has 0 unspecified atom stereocenters. The first-order chi connectivity index (χ1) is 22.5. The first kappa shape index (κ1) is 33.4. The Morgan fingerprint density at radius 3 is 2.38 bits per heavy atom. The molecule has 0 amide bonds. The fourth-order valence-electron chi connectivity index (χ4n) is 6.27. The van der Waals surface area contributed by atoms with Crippen LogP contribution in [0.2, 0.25) is 0 Å². The van der Waals surface area contributed by atoms with Crippen LogP contribution in [0.15, 0.2) is 91.1 Å². The van der Waals surface area contributed by atoms with Crippen molar-refractivity contribution in [1.29, 1.82) is 0 Å². The average molecular weight is 816 g/mol. The van der Waals surface area contributed by atoms with Gasteiger partial charge in [0.1, 0.15) is 11.6 Å². The van der Waals surface area contributed by atoms with Gasteiger partial charge in [0, 0.05) is 34.5 Å². The Labute approximate surface area is 295 Å². The number of hydrogen-bond donors (Lipinski definition) is 0. The number of ether oxygens (including phenoxy) is 1. The molecule has 244 valence electrons. The second-order valence-electron chi connectivity index (χ2n) is 13.5. The number of rotatable bonds is 7. The van der Waals surface area contributed by atoms with Crippen molar-refractivity contribution in [2.45, 2.75) is 54.4 Å². The summed E-state index contributed by atoms with van der Waals surface area (Å²) in [4.78, 5) is 4.65. The molecule has 0 aliphatic heterocycles. The fraction of sp³-hybridized carbons (Fsp3) is 0.220. The van der Waals surface area contributed by atoms with Gasteiger partial charge in [0.15, 0.2) is 0 Å². The van der Waals surface area contributed by atoms with Crippen molar-refractivity contribution in [2.24, 2.45) is 5.41 Å².